The van der Waals surface area contributed by atoms with Crippen molar-refractivity contribution < 1.29 is 30.0 Å². The van der Waals surface area contributed by atoms with Crippen LogP contribution in [-0.4, -0.2) is 38.7 Å². The summed E-state index contributed by atoms with van der Waals surface area (Å²) in [6.45, 7) is 11.5. The van der Waals surface area contributed by atoms with E-state index in [1.165, 1.54) is 90.9 Å². The average Bonchev–Trinajstić information content (AvgIpc) is 2.68. The van der Waals surface area contributed by atoms with E-state index in [1.54, 1.807) is 0 Å². The molecule has 0 aliphatic heterocycles. The monoisotopic (exact) mass is 444 g/mol. The summed E-state index contributed by atoms with van der Waals surface area (Å²) in [5.74, 6) is -1.87. The number of carbonyl (C=O) groups is 2. The van der Waals surface area contributed by atoms with Crippen LogP contribution in [0.5, 0.6) is 0 Å². The van der Waals surface area contributed by atoms with Crippen molar-refractivity contribution >= 4 is 11.9 Å². The van der Waals surface area contributed by atoms with Gasteiger partial charge in [-0.2, -0.15) is 0 Å². The smallest absolute Gasteiger partial charge is 0.330 e. The highest BCUT2D eigenvalue weighted by atomic mass is 16.5. The van der Waals surface area contributed by atoms with E-state index >= 15 is 0 Å². The molecule has 0 amide bonds. The fourth-order valence-corrected chi connectivity index (χ4v) is 2.52. The Morgan fingerprint density at radius 3 is 1.03 bits per heavy atom. The van der Waals surface area contributed by atoms with Gasteiger partial charge < -0.3 is 20.4 Å². The minimum atomic E-state index is -1.10. The van der Waals surface area contributed by atoms with Crippen LogP contribution < -0.4 is 0 Å². The van der Waals surface area contributed by atoms with Gasteiger partial charge in [0.1, 0.15) is 0 Å². The van der Waals surface area contributed by atoms with E-state index in [1.807, 2.05) is 0 Å². The van der Waals surface area contributed by atoms with Crippen LogP contribution in [0.25, 0.3) is 0 Å². The van der Waals surface area contributed by atoms with E-state index < -0.39 is 18.2 Å². The van der Waals surface area contributed by atoms with Crippen molar-refractivity contribution in [1.82, 2.24) is 0 Å². The first-order chi connectivity index (χ1) is 14.6. The summed E-state index contributed by atoms with van der Waals surface area (Å²) < 4.78 is 0. The lowest BCUT2D eigenvalue weighted by atomic mass is 10.0. The zero-order valence-electron chi connectivity index (χ0n) is 20.2. The highest BCUT2D eigenvalue weighted by Crippen LogP contribution is 2.13. The number of hydrogen-bond donors (Lipinski definition) is 4. The Kier molecular flexibility index (Phi) is 28.9. The molecular formula is C25H48O6. The topological polar surface area (TPSA) is 115 Å². The molecule has 0 radical (unpaired) electrons. The maximum Gasteiger partial charge on any atom is 0.330 e. The second-order valence-corrected chi connectivity index (χ2v) is 8.04. The molecule has 4 N–H and O–H groups in total. The van der Waals surface area contributed by atoms with Gasteiger partial charge in [-0.05, 0) is 26.7 Å². The molecule has 184 valence electrons. The molecule has 0 unspecified atom stereocenters. The predicted molar refractivity (Wildman–Crippen MR) is 128 cm³/mol. The lowest BCUT2D eigenvalue weighted by Crippen LogP contribution is -2.02. The van der Waals surface area contributed by atoms with Gasteiger partial charge in [0, 0.05) is 11.1 Å². The molecule has 0 atom stereocenters. The molecule has 0 fully saturated rings. The molecule has 0 rings (SSSR count). The molecular weight excluding hydrogens is 396 g/mol. The fraction of sp³-hybridized carbons (Fsp3) is 0.760. The lowest BCUT2D eigenvalue weighted by Gasteiger charge is -2.04. The zero-order valence-corrected chi connectivity index (χ0v) is 20.2. The van der Waals surface area contributed by atoms with Gasteiger partial charge in [0.05, 0.1) is 0 Å². The molecule has 0 bridgehead atoms. The van der Waals surface area contributed by atoms with Crippen LogP contribution in [0, 0.1) is 0 Å². The van der Waals surface area contributed by atoms with Gasteiger partial charge in [0.15, 0.2) is 6.29 Å². The number of unbranched alkanes of at least 4 members (excludes halogenated alkanes) is 13. The van der Waals surface area contributed by atoms with Crippen molar-refractivity contribution in [3.8, 4) is 0 Å². The molecule has 0 saturated heterocycles. The summed E-state index contributed by atoms with van der Waals surface area (Å²) in [7, 11) is 0. The normalized spacial score (nSPS) is 9.87. The summed E-state index contributed by atoms with van der Waals surface area (Å²) in [4.78, 5) is 19.2. The van der Waals surface area contributed by atoms with Gasteiger partial charge in [0.25, 0.3) is 0 Å². The summed E-state index contributed by atoms with van der Waals surface area (Å²) >= 11 is 0. The van der Waals surface area contributed by atoms with E-state index in [2.05, 4.69) is 20.1 Å². The first-order valence-electron chi connectivity index (χ1n) is 11.7. The number of carboxylic acids is 2. The van der Waals surface area contributed by atoms with Crippen LogP contribution in [0.1, 0.15) is 117 Å². The van der Waals surface area contributed by atoms with Gasteiger partial charge in [-0.25, -0.2) is 9.59 Å². The molecule has 0 spiro atoms. The number of aliphatic hydroxyl groups is 2. The van der Waals surface area contributed by atoms with Crippen LogP contribution in [0.15, 0.2) is 24.3 Å². The number of aliphatic hydroxyl groups excluding tert-OH is 1. The standard InChI is InChI=1S/C17H36O2.2C4H6O2/c1-2-3-4-5-6-7-8-9-10-11-12-13-14-15-16-17(18)19;2*1-3(2)4(5)6/h17-19H,2-16H2,1H3;2*1H2,2H3,(H,5,6). The Labute approximate surface area is 190 Å². The SMILES string of the molecule is C=C(C)C(=O)O.C=C(C)C(=O)O.CCCCCCCCCCCCCCCCC(O)O. The van der Waals surface area contributed by atoms with Gasteiger partial charge >= 0.3 is 11.9 Å². The number of hydrogen-bond acceptors (Lipinski definition) is 4. The number of rotatable bonds is 17. The summed E-state index contributed by atoms with van der Waals surface area (Å²) in [5.41, 5.74) is 0.352. The van der Waals surface area contributed by atoms with E-state index in [-0.39, 0.29) is 11.1 Å². The highest BCUT2D eigenvalue weighted by molar-refractivity contribution is 5.85. The third kappa shape index (κ3) is 39.4. The van der Waals surface area contributed by atoms with Gasteiger partial charge in [-0.3, -0.25) is 0 Å². The molecule has 0 heterocycles. The fourth-order valence-electron chi connectivity index (χ4n) is 2.52. The van der Waals surface area contributed by atoms with Gasteiger partial charge in [-0.15, -0.1) is 0 Å². The van der Waals surface area contributed by atoms with E-state index in [0.29, 0.717) is 6.42 Å². The molecule has 6 nitrogen and oxygen atoms in total. The zero-order chi connectivity index (χ0) is 24.5. The first-order valence-corrected chi connectivity index (χ1v) is 11.7. The minimum absolute atomic E-state index is 0.176. The van der Waals surface area contributed by atoms with Crippen molar-refractivity contribution in [3.05, 3.63) is 24.3 Å². The molecule has 0 aliphatic rings. The van der Waals surface area contributed by atoms with Crippen LogP contribution in [0.4, 0.5) is 0 Å². The van der Waals surface area contributed by atoms with Crippen molar-refractivity contribution in [2.45, 2.75) is 123 Å². The first kappa shape index (κ1) is 34.0. The van der Waals surface area contributed by atoms with Crippen molar-refractivity contribution in [2.75, 3.05) is 0 Å². The van der Waals surface area contributed by atoms with Crippen LogP contribution >= 0.6 is 0 Å². The van der Waals surface area contributed by atoms with Crippen LogP contribution in [-0.2, 0) is 9.59 Å². The Bertz CT molecular complexity index is 409. The maximum absolute atomic E-state index is 9.60. The minimum Gasteiger partial charge on any atom is -0.478 e. The third-order valence-electron chi connectivity index (χ3n) is 4.55. The molecule has 0 aliphatic carbocycles. The van der Waals surface area contributed by atoms with E-state index in [4.69, 9.17) is 20.4 Å². The molecule has 0 aromatic carbocycles. The Balaban J connectivity index is -0.000000532. The summed E-state index contributed by atoms with van der Waals surface area (Å²) in [5, 5.41) is 33.2. The van der Waals surface area contributed by atoms with E-state index in [9.17, 15) is 9.59 Å². The van der Waals surface area contributed by atoms with Crippen molar-refractivity contribution in [2.24, 2.45) is 0 Å². The largest absolute Gasteiger partial charge is 0.478 e. The van der Waals surface area contributed by atoms with E-state index in [0.717, 1.165) is 12.8 Å². The molecule has 0 aromatic heterocycles. The van der Waals surface area contributed by atoms with Crippen molar-refractivity contribution in [3.63, 3.8) is 0 Å². The number of carboxylic acid groups (broad SMARTS) is 2. The average molecular weight is 445 g/mol. The Morgan fingerprint density at radius 2 is 0.839 bits per heavy atom. The van der Waals surface area contributed by atoms with Crippen LogP contribution in [0.3, 0.4) is 0 Å². The Morgan fingerprint density at radius 1 is 0.613 bits per heavy atom. The van der Waals surface area contributed by atoms with Crippen molar-refractivity contribution in [1.29, 1.82) is 0 Å². The highest BCUT2D eigenvalue weighted by Gasteiger charge is 1.97. The molecule has 6 heteroatoms. The van der Waals surface area contributed by atoms with Gasteiger partial charge in [0.2, 0.25) is 0 Å². The molecule has 0 aromatic rings. The van der Waals surface area contributed by atoms with Gasteiger partial charge in [-0.1, -0.05) is 104 Å². The predicted octanol–water partition coefficient (Wildman–Crippen LogP) is 6.46. The number of aliphatic carboxylic acids is 2. The Hall–Kier alpha value is -1.66. The second-order valence-electron chi connectivity index (χ2n) is 8.04. The summed E-state index contributed by atoms with van der Waals surface area (Å²) in [6, 6.07) is 0. The lowest BCUT2D eigenvalue weighted by molar-refractivity contribution is -0.133. The summed E-state index contributed by atoms with van der Waals surface area (Å²) in [6.07, 6.45) is 18.2. The van der Waals surface area contributed by atoms with Crippen LogP contribution in [0.2, 0.25) is 0 Å². The molecule has 31 heavy (non-hydrogen) atoms. The molecule has 0 saturated carbocycles. The second kappa shape index (κ2) is 26.4. The maximum atomic E-state index is 9.60. The quantitative estimate of drug-likeness (QED) is 0.116. The third-order valence-corrected chi connectivity index (χ3v) is 4.55.